The summed E-state index contributed by atoms with van der Waals surface area (Å²) >= 11 is 0. The SMILES string of the molecule is C=C(NCC(F)F)C(C)N. The Balaban J connectivity index is 3.40. The van der Waals surface area contributed by atoms with Gasteiger partial charge < -0.3 is 11.1 Å². The molecule has 0 aromatic carbocycles. The van der Waals surface area contributed by atoms with Crippen LogP contribution in [0.25, 0.3) is 0 Å². The van der Waals surface area contributed by atoms with Crippen LogP contribution in [-0.4, -0.2) is 19.0 Å². The first kappa shape index (κ1) is 9.36. The first-order valence-corrected chi connectivity index (χ1v) is 3.00. The molecule has 1 atom stereocenters. The van der Waals surface area contributed by atoms with Gasteiger partial charge in [-0.1, -0.05) is 6.58 Å². The fraction of sp³-hybridized carbons (Fsp3) is 0.667. The zero-order valence-corrected chi connectivity index (χ0v) is 5.90. The molecule has 0 aliphatic rings. The van der Waals surface area contributed by atoms with Crippen molar-refractivity contribution in [3.63, 3.8) is 0 Å². The number of nitrogens with one attached hydrogen (secondary N) is 1. The largest absolute Gasteiger partial charge is 0.382 e. The molecule has 0 spiro atoms. The van der Waals surface area contributed by atoms with Gasteiger partial charge in [-0.3, -0.25) is 0 Å². The quantitative estimate of drug-likeness (QED) is 0.619. The second kappa shape index (κ2) is 4.22. The molecule has 4 heteroatoms. The van der Waals surface area contributed by atoms with Crippen molar-refractivity contribution >= 4 is 0 Å². The lowest BCUT2D eigenvalue weighted by Gasteiger charge is -2.11. The van der Waals surface area contributed by atoms with E-state index in [9.17, 15) is 8.78 Å². The average Bonchev–Trinajstić information content (AvgIpc) is 1.82. The lowest BCUT2D eigenvalue weighted by atomic mass is 10.3. The number of hydrogen-bond acceptors (Lipinski definition) is 2. The predicted molar refractivity (Wildman–Crippen MR) is 36.8 cm³/mol. The Morgan fingerprint density at radius 2 is 2.20 bits per heavy atom. The summed E-state index contributed by atoms with van der Waals surface area (Å²) in [4.78, 5) is 0. The topological polar surface area (TPSA) is 38.0 Å². The summed E-state index contributed by atoms with van der Waals surface area (Å²) in [6, 6.07) is -0.279. The van der Waals surface area contributed by atoms with Crippen molar-refractivity contribution in [3.05, 3.63) is 12.3 Å². The Labute approximate surface area is 59.1 Å². The molecule has 0 fully saturated rings. The summed E-state index contributed by atoms with van der Waals surface area (Å²) in [5.41, 5.74) is 5.76. The molecule has 0 aliphatic carbocycles. The molecule has 0 aromatic heterocycles. The predicted octanol–water partition coefficient (Wildman–Crippen LogP) is 0.702. The molecule has 0 radical (unpaired) electrons. The van der Waals surface area contributed by atoms with Gasteiger partial charge in [-0.05, 0) is 6.92 Å². The maximum absolute atomic E-state index is 11.5. The van der Waals surface area contributed by atoms with Crippen LogP contribution >= 0.6 is 0 Å². The van der Waals surface area contributed by atoms with Crippen LogP contribution in [0.15, 0.2) is 12.3 Å². The van der Waals surface area contributed by atoms with Crippen LogP contribution in [0, 0.1) is 0 Å². The molecule has 1 unspecified atom stereocenters. The maximum atomic E-state index is 11.5. The molecular weight excluding hydrogens is 138 g/mol. The summed E-state index contributed by atoms with van der Waals surface area (Å²) in [6.45, 7) is 4.76. The molecule has 3 N–H and O–H groups in total. The van der Waals surface area contributed by atoms with Gasteiger partial charge in [0.2, 0.25) is 0 Å². The van der Waals surface area contributed by atoms with E-state index in [1.165, 1.54) is 0 Å². The van der Waals surface area contributed by atoms with E-state index < -0.39 is 6.43 Å². The van der Waals surface area contributed by atoms with Crippen molar-refractivity contribution in [1.29, 1.82) is 0 Å². The molecule has 60 valence electrons. The number of hydrogen-bond donors (Lipinski definition) is 2. The van der Waals surface area contributed by atoms with Gasteiger partial charge in [-0.25, -0.2) is 8.78 Å². The van der Waals surface area contributed by atoms with Crippen LogP contribution in [0.2, 0.25) is 0 Å². The van der Waals surface area contributed by atoms with E-state index in [2.05, 4.69) is 11.9 Å². The minimum absolute atomic E-state index is 0.279. The summed E-state index contributed by atoms with van der Waals surface area (Å²) < 4.78 is 23.0. The highest BCUT2D eigenvalue weighted by atomic mass is 19.3. The third-order valence-electron chi connectivity index (χ3n) is 1.03. The fourth-order valence-corrected chi connectivity index (χ4v) is 0.369. The number of halogens is 2. The third kappa shape index (κ3) is 4.26. The Kier molecular flexibility index (Phi) is 3.95. The normalized spacial score (nSPS) is 13.3. The Morgan fingerprint density at radius 3 is 2.50 bits per heavy atom. The van der Waals surface area contributed by atoms with E-state index in [4.69, 9.17) is 5.73 Å². The molecule has 0 saturated heterocycles. The van der Waals surface area contributed by atoms with Gasteiger partial charge >= 0.3 is 0 Å². The third-order valence-corrected chi connectivity index (χ3v) is 1.03. The molecular formula is C6H12F2N2. The lowest BCUT2D eigenvalue weighted by molar-refractivity contribution is 0.149. The van der Waals surface area contributed by atoms with E-state index >= 15 is 0 Å². The van der Waals surface area contributed by atoms with Crippen molar-refractivity contribution in [1.82, 2.24) is 5.32 Å². The van der Waals surface area contributed by atoms with E-state index in [-0.39, 0.29) is 12.6 Å². The molecule has 0 heterocycles. The number of nitrogens with two attached hydrogens (primary N) is 1. The first-order valence-electron chi connectivity index (χ1n) is 3.00. The van der Waals surface area contributed by atoms with Gasteiger partial charge in [0.05, 0.1) is 6.54 Å². The molecule has 0 saturated carbocycles. The summed E-state index contributed by atoms with van der Waals surface area (Å²) in [5, 5.41) is 2.41. The van der Waals surface area contributed by atoms with Crippen molar-refractivity contribution in [3.8, 4) is 0 Å². The lowest BCUT2D eigenvalue weighted by Crippen LogP contribution is -2.30. The summed E-state index contributed by atoms with van der Waals surface area (Å²) in [7, 11) is 0. The van der Waals surface area contributed by atoms with E-state index in [1.807, 2.05) is 0 Å². The second-order valence-electron chi connectivity index (χ2n) is 2.09. The molecule has 0 aromatic rings. The first-order chi connectivity index (χ1) is 4.54. The zero-order chi connectivity index (χ0) is 8.15. The van der Waals surface area contributed by atoms with Gasteiger partial charge in [-0.15, -0.1) is 0 Å². The maximum Gasteiger partial charge on any atom is 0.255 e. The zero-order valence-electron chi connectivity index (χ0n) is 5.90. The van der Waals surface area contributed by atoms with E-state index in [0.717, 1.165) is 0 Å². The smallest absolute Gasteiger partial charge is 0.255 e. The number of rotatable bonds is 4. The standard InChI is InChI=1S/C6H12F2N2/c1-4(9)5(2)10-3-6(7)8/h4,6,10H,2-3,9H2,1H3. The van der Waals surface area contributed by atoms with Crippen molar-refractivity contribution in [2.75, 3.05) is 6.54 Å². The van der Waals surface area contributed by atoms with Gasteiger partial charge in [-0.2, -0.15) is 0 Å². The van der Waals surface area contributed by atoms with Gasteiger partial charge in [0.15, 0.2) is 0 Å². The fourth-order valence-electron chi connectivity index (χ4n) is 0.369. The minimum atomic E-state index is -2.35. The van der Waals surface area contributed by atoms with Crippen LogP contribution in [-0.2, 0) is 0 Å². The minimum Gasteiger partial charge on any atom is -0.382 e. The highest BCUT2D eigenvalue weighted by Gasteiger charge is 2.03. The van der Waals surface area contributed by atoms with Gasteiger partial charge in [0, 0.05) is 11.7 Å². The van der Waals surface area contributed by atoms with E-state index in [0.29, 0.717) is 5.70 Å². The number of alkyl halides is 2. The molecule has 0 aliphatic heterocycles. The summed E-state index contributed by atoms with van der Waals surface area (Å²) in [5.74, 6) is 0. The van der Waals surface area contributed by atoms with Gasteiger partial charge in [0.25, 0.3) is 6.43 Å². The molecule has 0 bridgehead atoms. The van der Waals surface area contributed by atoms with E-state index in [1.54, 1.807) is 6.92 Å². The van der Waals surface area contributed by atoms with Gasteiger partial charge in [0.1, 0.15) is 0 Å². The highest BCUT2D eigenvalue weighted by molar-refractivity contribution is 4.99. The molecule has 10 heavy (non-hydrogen) atoms. The Morgan fingerprint density at radius 1 is 1.70 bits per heavy atom. The summed E-state index contributed by atoms with van der Waals surface area (Å²) in [6.07, 6.45) is -2.35. The molecule has 2 nitrogen and oxygen atoms in total. The van der Waals surface area contributed by atoms with Crippen molar-refractivity contribution in [2.24, 2.45) is 5.73 Å². The Hall–Kier alpha value is -0.640. The van der Waals surface area contributed by atoms with Crippen molar-refractivity contribution in [2.45, 2.75) is 19.4 Å². The van der Waals surface area contributed by atoms with Crippen LogP contribution in [0.4, 0.5) is 8.78 Å². The molecule has 0 amide bonds. The second-order valence-corrected chi connectivity index (χ2v) is 2.09. The molecule has 0 rings (SSSR count). The van der Waals surface area contributed by atoms with Crippen LogP contribution in [0.5, 0.6) is 0 Å². The Bertz CT molecular complexity index is 112. The monoisotopic (exact) mass is 150 g/mol. The van der Waals surface area contributed by atoms with Crippen molar-refractivity contribution < 1.29 is 8.78 Å². The van der Waals surface area contributed by atoms with Crippen LogP contribution in [0.1, 0.15) is 6.92 Å². The van der Waals surface area contributed by atoms with Crippen LogP contribution in [0.3, 0.4) is 0 Å². The average molecular weight is 150 g/mol. The highest BCUT2D eigenvalue weighted by Crippen LogP contribution is 1.93. The van der Waals surface area contributed by atoms with Crippen LogP contribution < -0.4 is 11.1 Å².